The van der Waals surface area contributed by atoms with Crippen molar-refractivity contribution in [3.05, 3.63) is 65.2 Å². The number of benzene rings is 2. The van der Waals surface area contributed by atoms with Crippen LogP contribution in [0.25, 0.3) is 0 Å². The number of nitrogens with one attached hydrogen (secondary N) is 1. The van der Waals surface area contributed by atoms with E-state index in [9.17, 15) is 9.59 Å². The first-order valence-corrected chi connectivity index (χ1v) is 7.99. The SMILES string of the molecule is CCOC(=O)N/N=C/c1ccccc1OCc1ccc(C(=O)OC)cc1. The van der Waals surface area contributed by atoms with Crippen LogP contribution in [-0.2, 0) is 16.1 Å². The molecule has 0 aliphatic rings. The van der Waals surface area contributed by atoms with Crippen molar-refractivity contribution in [3.63, 3.8) is 0 Å². The molecule has 0 aliphatic heterocycles. The number of esters is 1. The van der Waals surface area contributed by atoms with Crippen LogP contribution in [0, 0.1) is 0 Å². The predicted molar refractivity (Wildman–Crippen MR) is 96.3 cm³/mol. The highest BCUT2D eigenvalue weighted by Gasteiger charge is 2.06. The van der Waals surface area contributed by atoms with Gasteiger partial charge in [-0.3, -0.25) is 0 Å². The first-order chi connectivity index (χ1) is 12.6. The van der Waals surface area contributed by atoms with Gasteiger partial charge in [0.25, 0.3) is 0 Å². The van der Waals surface area contributed by atoms with E-state index in [0.717, 1.165) is 5.56 Å². The van der Waals surface area contributed by atoms with Gasteiger partial charge < -0.3 is 14.2 Å². The molecule has 0 radical (unpaired) electrons. The Morgan fingerprint density at radius 1 is 1.12 bits per heavy atom. The van der Waals surface area contributed by atoms with Gasteiger partial charge in [0, 0.05) is 5.56 Å². The summed E-state index contributed by atoms with van der Waals surface area (Å²) in [4.78, 5) is 22.6. The molecule has 0 aromatic heterocycles. The lowest BCUT2D eigenvalue weighted by molar-refractivity contribution is 0.0600. The van der Waals surface area contributed by atoms with Gasteiger partial charge in [-0.2, -0.15) is 5.10 Å². The van der Waals surface area contributed by atoms with Crippen molar-refractivity contribution in [1.82, 2.24) is 5.43 Å². The number of rotatable bonds is 7. The molecule has 0 heterocycles. The molecule has 0 atom stereocenters. The number of para-hydroxylation sites is 1. The van der Waals surface area contributed by atoms with Crippen LogP contribution in [0.5, 0.6) is 5.75 Å². The number of amides is 1. The Kier molecular flexibility index (Phi) is 7.17. The number of hydrogen-bond acceptors (Lipinski definition) is 6. The third kappa shape index (κ3) is 5.62. The van der Waals surface area contributed by atoms with Crippen LogP contribution < -0.4 is 10.2 Å². The van der Waals surface area contributed by atoms with E-state index in [4.69, 9.17) is 9.47 Å². The van der Waals surface area contributed by atoms with Crippen LogP contribution in [0.2, 0.25) is 0 Å². The molecule has 0 aliphatic carbocycles. The topological polar surface area (TPSA) is 86.2 Å². The summed E-state index contributed by atoms with van der Waals surface area (Å²) < 4.78 is 15.2. The predicted octanol–water partition coefficient (Wildman–Crippen LogP) is 3.13. The van der Waals surface area contributed by atoms with Crippen molar-refractivity contribution < 1.29 is 23.8 Å². The van der Waals surface area contributed by atoms with Crippen molar-refractivity contribution in [1.29, 1.82) is 0 Å². The number of hydrazone groups is 1. The fourth-order valence-corrected chi connectivity index (χ4v) is 2.05. The van der Waals surface area contributed by atoms with E-state index in [2.05, 4.69) is 15.3 Å². The van der Waals surface area contributed by atoms with E-state index in [1.165, 1.54) is 13.3 Å². The highest BCUT2D eigenvalue weighted by molar-refractivity contribution is 5.89. The Labute approximate surface area is 151 Å². The van der Waals surface area contributed by atoms with Crippen LogP contribution in [0.1, 0.15) is 28.4 Å². The van der Waals surface area contributed by atoms with Crippen molar-refractivity contribution in [2.75, 3.05) is 13.7 Å². The minimum atomic E-state index is -0.618. The molecular weight excluding hydrogens is 336 g/mol. The molecule has 2 aromatic carbocycles. The largest absolute Gasteiger partial charge is 0.488 e. The minimum absolute atomic E-state index is 0.274. The van der Waals surface area contributed by atoms with Crippen molar-refractivity contribution >= 4 is 18.3 Å². The Morgan fingerprint density at radius 2 is 1.85 bits per heavy atom. The highest BCUT2D eigenvalue weighted by atomic mass is 16.5. The van der Waals surface area contributed by atoms with E-state index in [0.29, 0.717) is 23.5 Å². The summed E-state index contributed by atoms with van der Waals surface area (Å²) in [5.74, 6) is 0.229. The Bertz CT molecular complexity index is 772. The number of nitrogens with zero attached hydrogens (tertiary/aromatic N) is 1. The normalized spacial score (nSPS) is 10.4. The molecule has 0 saturated heterocycles. The van der Waals surface area contributed by atoms with Gasteiger partial charge in [0.05, 0.1) is 25.5 Å². The van der Waals surface area contributed by atoms with E-state index >= 15 is 0 Å². The molecule has 0 saturated carbocycles. The van der Waals surface area contributed by atoms with Gasteiger partial charge in [0.15, 0.2) is 0 Å². The lowest BCUT2D eigenvalue weighted by Crippen LogP contribution is -2.18. The maximum Gasteiger partial charge on any atom is 0.427 e. The summed E-state index contributed by atoms with van der Waals surface area (Å²) in [5.41, 5.74) is 4.35. The maximum absolute atomic E-state index is 11.4. The van der Waals surface area contributed by atoms with Crippen molar-refractivity contribution in [3.8, 4) is 5.75 Å². The Hall–Kier alpha value is -3.35. The molecule has 0 unspecified atom stereocenters. The molecule has 7 heteroatoms. The van der Waals surface area contributed by atoms with E-state index in [1.807, 2.05) is 18.2 Å². The first kappa shape index (κ1) is 19.0. The summed E-state index contributed by atoms with van der Waals surface area (Å²) in [7, 11) is 1.34. The molecule has 2 aromatic rings. The average Bonchev–Trinajstić information content (AvgIpc) is 2.67. The molecule has 0 spiro atoms. The monoisotopic (exact) mass is 356 g/mol. The third-order valence-corrected chi connectivity index (χ3v) is 3.32. The summed E-state index contributed by atoms with van der Waals surface area (Å²) in [6.45, 7) is 2.30. The zero-order valence-corrected chi connectivity index (χ0v) is 14.6. The van der Waals surface area contributed by atoms with Gasteiger partial charge in [-0.15, -0.1) is 0 Å². The van der Waals surface area contributed by atoms with E-state index < -0.39 is 6.09 Å². The molecule has 0 bridgehead atoms. The number of ether oxygens (including phenoxy) is 3. The van der Waals surface area contributed by atoms with Crippen LogP contribution in [0.3, 0.4) is 0 Å². The molecule has 26 heavy (non-hydrogen) atoms. The van der Waals surface area contributed by atoms with Gasteiger partial charge in [-0.05, 0) is 36.8 Å². The second-order valence-electron chi connectivity index (χ2n) is 5.11. The first-order valence-electron chi connectivity index (χ1n) is 7.99. The van der Waals surface area contributed by atoms with Crippen LogP contribution in [-0.4, -0.2) is 32.0 Å². The Morgan fingerprint density at radius 3 is 2.54 bits per heavy atom. The molecular formula is C19H20N2O5. The fourth-order valence-electron chi connectivity index (χ4n) is 2.05. The van der Waals surface area contributed by atoms with Crippen LogP contribution >= 0.6 is 0 Å². The molecule has 2 rings (SSSR count). The standard InChI is InChI=1S/C19H20N2O5/c1-3-25-19(23)21-20-12-16-6-4-5-7-17(16)26-13-14-8-10-15(11-9-14)18(22)24-2/h4-12H,3,13H2,1-2H3,(H,21,23)/b20-12+. The molecule has 7 nitrogen and oxygen atoms in total. The number of carbonyl (C=O) groups is 2. The Balaban J connectivity index is 1.98. The minimum Gasteiger partial charge on any atom is -0.488 e. The highest BCUT2D eigenvalue weighted by Crippen LogP contribution is 2.18. The second-order valence-corrected chi connectivity index (χ2v) is 5.11. The van der Waals surface area contributed by atoms with Crippen molar-refractivity contribution in [2.45, 2.75) is 13.5 Å². The van der Waals surface area contributed by atoms with E-state index in [-0.39, 0.29) is 12.6 Å². The lowest BCUT2D eigenvalue weighted by atomic mass is 10.1. The fraction of sp³-hybridized carbons (Fsp3) is 0.211. The molecule has 0 fully saturated rings. The third-order valence-electron chi connectivity index (χ3n) is 3.32. The molecule has 136 valence electrons. The van der Waals surface area contributed by atoms with Crippen LogP contribution in [0.15, 0.2) is 53.6 Å². The number of carbonyl (C=O) groups excluding carboxylic acids is 2. The van der Waals surface area contributed by atoms with Gasteiger partial charge in [0.1, 0.15) is 12.4 Å². The zero-order valence-electron chi connectivity index (χ0n) is 14.6. The smallest absolute Gasteiger partial charge is 0.427 e. The summed E-state index contributed by atoms with van der Waals surface area (Å²) in [6, 6.07) is 14.2. The zero-order chi connectivity index (χ0) is 18.8. The molecule has 1 N–H and O–H groups in total. The van der Waals surface area contributed by atoms with Gasteiger partial charge >= 0.3 is 12.1 Å². The second kappa shape index (κ2) is 9.83. The quantitative estimate of drug-likeness (QED) is 0.468. The summed E-state index contributed by atoms with van der Waals surface area (Å²) in [6.07, 6.45) is 0.861. The number of methoxy groups -OCH3 is 1. The number of hydrogen-bond donors (Lipinski definition) is 1. The van der Waals surface area contributed by atoms with Crippen molar-refractivity contribution in [2.24, 2.45) is 5.10 Å². The van der Waals surface area contributed by atoms with Gasteiger partial charge in [0.2, 0.25) is 0 Å². The van der Waals surface area contributed by atoms with Gasteiger partial charge in [-0.25, -0.2) is 15.0 Å². The maximum atomic E-state index is 11.4. The summed E-state index contributed by atoms with van der Waals surface area (Å²) >= 11 is 0. The average molecular weight is 356 g/mol. The van der Waals surface area contributed by atoms with E-state index in [1.54, 1.807) is 37.3 Å². The molecule has 1 amide bonds. The summed E-state index contributed by atoms with van der Waals surface area (Å²) in [5, 5.41) is 3.84. The van der Waals surface area contributed by atoms with Crippen LogP contribution in [0.4, 0.5) is 4.79 Å². The van der Waals surface area contributed by atoms with Gasteiger partial charge in [-0.1, -0.05) is 24.3 Å². The lowest BCUT2D eigenvalue weighted by Gasteiger charge is -2.09.